The Morgan fingerprint density at radius 1 is 1.12 bits per heavy atom. The molecule has 1 fully saturated rings. The van der Waals surface area contributed by atoms with Crippen LogP contribution in [0.2, 0.25) is 5.02 Å². The van der Waals surface area contributed by atoms with Crippen LogP contribution in [0.25, 0.3) is 0 Å². The average molecular weight is 621 g/mol. The molecular weight excluding hydrogens is 594 g/mol. The quantitative estimate of drug-likeness (QED) is 0.387. The molecule has 1 N–H and O–H groups in total. The zero-order valence-electron chi connectivity index (χ0n) is 22.0. The minimum atomic E-state index is -0.534. The maximum atomic E-state index is 14.3. The number of benzene rings is 3. The molecular formula is C30H27BrClN5O3. The maximum absolute atomic E-state index is 14.3. The highest BCUT2D eigenvalue weighted by atomic mass is 79.9. The molecule has 5 rings (SSSR count). The van der Waals surface area contributed by atoms with Crippen LogP contribution in [0.4, 0.5) is 4.79 Å². The molecule has 204 valence electrons. The van der Waals surface area contributed by atoms with E-state index in [1.807, 2.05) is 50.2 Å². The van der Waals surface area contributed by atoms with Gasteiger partial charge in [-0.1, -0.05) is 51.8 Å². The summed E-state index contributed by atoms with van der Waals surface area (Å²) < 4.78 is 7.06. The van der Waals surface area contributed by atoms with Gasteiger partial charge < -0.3 is 15.0 Å². The molecule has 40 heavy (non-hydrogen) atoms. The molecule has 3 amide bonds. The highest BCUT2D eigenvalue weighted by Crippen LogP contribution is 2.45. The highest BCUT2D eigenvalue weighted by Gasteiger charge is 2.45. The number of nitrogens with one attached hydrogen (secondary N) is 1. The number of urea groups is 1. The Hall–Kier alpha value is -3.87. The molecule has 2 aliphatic rings. The van der Waals surface area contributed by atoms with Crippen molar-refractivity contribution < 1.29 is 14.3 Å². The first-order valence-corrected chi connectivity index (χ1v) is 14.1. The van der Waals surface area contributed by atoms with Gasteiger partial charge in [0.25, 0.3) is 0 Å². The van der Waals surface area contributed by atoms with Gasteiger partial charge in [0.15, 0.2) is 0 Å². The fourth-order valence-corrected chi connectivity index (χ4v) is 5.33. The second kappa shape index (κ2) is 11.7. The number of nitrogens with zero attached hydrogens (tertiary/aromatic N) is 4. The molecule has 8 nitrogen and oxygen atoms in total. The van der Waals surface area contributed by atoms with E-state index in [0.717, 1.165) is 15.6 Å². The first-order valence-electron chi connectivity index (χ1n) is 12.9. The van der Waals surface area contributed by atoms with Gasteiger partial charge in [0.2, 0.25) is 5.91 Å². The van der Waals surface area contributed by atoms with Crippen LogP contribution in [-0.2, 0) is 4.79 Å². The molecule has 0 bridgehead atoms. The summed E-state index contributed by atoms with van der Waals surface area (Å²) in [4.78, 5) is 35.0. The zero-order chi connectivity index (χ0) is 28.4. The van der Waals surface area contributed by atoms with E-state index in [0.29, 0.717) is 40.8 Å². The van der Waals surface area contributed by atoms with Gasteiger partial charge in [-0.25, -0.2) is 4.79 Å². The van der Waals surface area contributed by atoms with Gasteiger partial charge in [-0.3, -0.25) is 14.7 Å². The van der Waals surface area contributed by atoms with Crippen molar-refractivity contribution in [3.8, 4) is 11.8 Å². The third kappa shape index (κ3) is 5.69. The smallest absolute Gasteiger partial charge is 0.326 e. The van der Waals surface area contributed by atoms with Gasteiger partial charge in [0.1, 0.15) is 24.2 Å². The monoisotopic (exact) mass is 619 g/mol. The van der Waals surface area contributed by atoms with Crippen LogP contribution in [0.3, 0.4) is 0 Å². The minimum Gasteiger partial charge on any atom is -0.490 e. The lowest BCUT2D eigenvalue weighted by Crippen LogP contribution is -2.55. The molecule has 0 radical (unpaired) electrons. The lowest BCUT2D eigenvalue weighted by molar-refractivity contribution is -0.123. The first-order chi connectivity index (χ1) is 19.2. The van der Waals surface area contributed by atoms with E-state index in [-0.39, 0.29) is 24.6 Å². The molecule has 3 aromatic carbocycles. The standard InChI is InChI=1S/C30H27BrClN5O3/c1-18(2)40-25-15-19(16-33)3-12-24(25)29-35-27(20-4-8-22(31)9-5-20)28(21-6-10-23(32)11-7-21)37(29)30(39)36-14-13-34-26(38)17-36/h3-12,15,18,27-28H,13-14,17H2,1-2H3,(H,34,38). The summed E-state index contributed by atoms with van der Waals surface area (Å²) in [5.74, 6) is 0.643. The van der Waals surface area contributed by atoms with Gasteiger partial charge in [0.05, 0.1) is 29.3 Å². The minimum absolute atomic E-state index is 0.0539. The number of halogens is 2. The van der Waals surface area contributed by atoms with Crippen LogP contribution in [0.1, 0.15) is 48.2 Å². The summed E-state index contributed by atoms with van der Waals surface area (Å²) in [5, 5.41) is 12.9. The van der Waals surface area contributed by atoms with E-state index in [9.17, 15) is 14.9 Å². The van der Waals surface area contributed by atoms with Crippen molar-refractivity contribution in [2.45, 2.75) is 32.0 Å². The number of rotatable bonds is 5. The molecule has 2 atom stereocenters. The molecule has 2 heterocycles. The van der Waals surface area contributed by atoms with Gasteiger partial charge >= 0.3 is 6.03 Å². The van der Waals surface area contributed by atoms with Crippen LogP contribution in [0.15, 0.2) is 76.2 Å². The number of hydrogen-bond donors (Lipinski definition) is 1. The Morgan fingerprint density at radius 3 is 2.48 bits per heavy atom. The summed E-state index contributed by atoms with van der Waals surface area (Å²) in [6.07, 6.45) is -0.182. The van der Waals surface area contributed by atoms with Crippen LogP contribution < -0.4 is 10.1 Å². The van der Waals surface area contributed by atoms with Crippen LogP contribution in [0.5, 0.6) is 5.75 Å². The van der Waals surface area contributed by atoms with Crippen molar-refractivity contribution in [1.29, 1.82) is 5.26 Å². The maximum Gasteiger partial charge on any atom is 0.326 e. The lowest BCUT2D eigenvalue weighted by Gasteiger charge is -2.36. The van der Waals surface area contributed by atoms with Crippen LogP contribution in [-0.4, -0.2) is 53.3 Å². The number of nitriles is 1. The van der Waals surface area contributed by atoms with E-state index < -0.39 is 12.1 Å². The van der Waals surface area contributed by atoms with Gasteiger partial charge in [-0.05, 0) is 67.4 Å². The van der Waals surface area contributed by atoms with Gasteiger partial charge in [0, 0.05) is 22.6 Å². The lowest BCUT2D eigenvalue weighted by atomic mass is 9.93. The van der Waals surface area contributed by atoms with E-state index in [2.05, 4.69) is 27.3 Å². The summed E-state index contributed by atoms with van der Waals surface area (Å²) >= 11 is 9.75. The number of piperazine rings is 1. The topological polar surface area (TPSA) is 98.0 Å². The van der Waals surface area contributed by atoms with Crippen LogP contribution >= 0.6 is 27.5 Å². The van der Waals surface area contributed by atoms with Crippen molar-refractivity contribution in [2.75, 3.05) is 19.6 Å². The molecule has 0 aliphatic carbocycles. The number of amides is 3. The number of aliphatic imine (C=N–C) groups is 1. The molecule has 0 saturated carbocycles. The van der Waals surface area contributed by atoms with Crippen molar-refractivity contribution in [2.24, 2.45) is 4.99 Å². The summed E-state index contributed by atoms with van der Waals surface area (Å²) in [6.45, 7) is 4.48. The van der Waals surface area contributed by atoms with Crippen molar-refractivity contribution in [3.05, 3.63) is 98.5 Å². The number of carbonyl (C=O) groups excluding carboxylic acids is 2. The Bertz CT molecular complexity index is 1500. The Morgan fingerprint density at radius 2 is 1.82 bits per heavy atom. The molecule has 1 saturated heterocycles. The second-order valence-electron chi connectivity index (χ2n) is 9.86. The molecule has 0 aromatic heterocycles. The van der Waals surface area contributed by atoms with Gasteiger partial charge in [-0.15, -0.1) is 0 Å². The Balaban J connectivity index is 1.71. The molecule has 3 aromatic rings. The Labute approximate surface area is 246 Å². The SMILES string of the molecule is CC(C)Oc1cc(C#N)ccc1C1=NC(c2ccc(Br)cc2)C(c2ccc(Cl)cc2)N1C(=O)N1CCNC(=O)C1. The van der Waals surface area contributed by atoms with E-state index >= 15 is 0 Å². The number of hydrogen-bond acceptors (Lipinski definition) is 5. The van der Waals surface area contributed by atoms with E-state index in [1.54, 1.807) is 35.2 Å². The number of carbonyl (C=O) groups is 2. The molecule has 2 unspecified atom stereocenters. The van der Waals surface area contributed by atoms with Crippen molar-refractivity contribution in [1.82, 2.24) is 15.1 Å². The highest BCUT2D eigenvalue weighted by molar-refractivity contribution is 9.10. The number of amidine groups is 1. The Kier molecular flexibility index (Phi) is 8.10. The number of ether oxygens (including phenoxy) is 1. The fourth-order valence-electron chi connectivity index (χ4n) is 4.94. The summed E-state index contributed by atoms with van der Waals surface area (Å²) in [5.41, 5.74) is 2.77. The third-order valence-electron chi connectivity index (χ3n) is 6.72. The predicted octanol–water partition coefficient (Wildman–Crippen LogP) is 5.86. The van der Waals surface area contributed by atoms with Crippen LogP contribution in [0, 0.1) is 11.3 Å². The largest absolute Gasteiger partial charge is 0.490 e. The first kappa shape index (κ1) is 27.7. The third-order valence-corrected chi connectivity index (χ3v) is 7.50. The summed E-state index contributed by atoms with van der Waals surface area (Å²) in [6, 6.07) is 21.1. The van der Waals surface area contributed by atoms with Gasteiger partial charge in [-0.2, -0.15) is 5.26 Å². The zero-order valence-corrected chi connectivity index (χ0v) is 24.3. The predicted molar refractivity (Wildman–Crippen MR) is 156 cm³/mol. The average Bonchev–Trinajstić information content (AvgIpc) is 3.33. The second-order valence-corrected chi connectivity index (χ2v) is 11.2. The molecule has 10 heteroatoms. The van der Waals surface area contributed by atoms with E-state index in [4.69, 9.17) is 21.3 Å². The fraction of sp³-hybridized carbons (Fsp3) is 0.267. The van der Waals surface area contributed by atoms with E-state index in [1.165, 1.54) is 4.90 Å². The van der Waals surface area contributed by atoms with Crippen molar-refractivity contribution in [3.63, 3.8) is 0 Å². The normalized spacial score (nSPS) is 18.8. The van der Waals surface area contributed by atoms with Crippen molar-refractivity contribution >= 4 is 45.3 Å². The molecule has 0 spiro atoms. The summed E-state index contributed by atoms with van der Waals surface area (Å²) in [7, 11) is 0. The molecule has 2 aliphatic heterocycles.